The van der Waals surface area contributed by atoms with Crippen molar-refractivity contribution >= 4 is 56.5 Å². The molecule has 1 N–H and O–H groups in total. The number of rotatable bonds is 6. The van der Waals surface area contributed by atoms with Crippen LogP contribution in [0, 0.1) is 6.92 Å². The quantitative estimate of drug-likeness (QED) is 0.270. The number of fused-ring (bicyclic) bond motifs is 1. The van der Waals surface area contributed by atoms with E-state index >= 15 is 0 Å². The number of benzene rings is 2. The number of carbonyl (C=O) groups is 1. The fourth-order valence-corrected chi connectivity index (χ4v) is 5.68. The molecule has 4 aromatic rings. The fraction of sp³-hybridized carbons (Fsp3) is 0.208. The number of thiophene rings is 1. The Labute approximate surface area is 198 Å². The van der Waals surface area contributed by atoms with Gasteiger partial charge < -0.3 is 5.32 Å². The molecule has 0 unspecified atom stereocenters. The Balaban J connectivity index is 1.48. The Morgan fingerprint density at radius 1 is 1.25 bits per heavy atom. The molecule has 1 aliphatic carbocycles. The number of carbonyl (C=O) groups excluding carboxylic acids is 1. The molecule has 0 atom stereocenters. The number of nitrogens with zero attached hydrogens (tertiary/aromatic N) is 2. The lowest BCUT2D eigenvalue weighted by Crippen LogP contribution is -2.23. The Morgan fingerprint density at radius 2 is 2.03 bits per heavy atom. The van der Waals surface area contributed by atoms with Crippen molar-refractivity contribution < 1.29 is 4.79 Å². The third-order valence-electron chi connectivity index (χ3n) is 5.44. The second kappa shape index (κ2) is 8.73. The first-order chi connectivity index (χ1) is 15.5. The summed E-state index contributed by atoms with van der Waals surface area (Å²) in [6.07, 6.45) is 2.24. The summed E-state index contributed by atoms with van der Waals surface area (Å²) in [5.74, 6) is 0.407. The lowest BCUT2D eigenvalue weighted by Gasteiger charge is -2.13. The molecule has 5 rings (SSSR count). The molecule has 1 aliphatic rings. The third-order valence-corrected chi connectivity index (χ3v) is 7.51. The molecule has 162 valence electrons. The number of aromatic nitrogens is 2. The first kappa shape index (κ1) is 21.2. The molecule has 2 heterocycles. The highest BCUT2D eigenvalue weighted by atomic mass is 35.5. The average Bonchev–Trinajstić information content (AvgIpc) is 3.54. The summed E-state index contributed by atoms with van der Waals surface area (Å²) in [7, 11) is 0. The molecular weight excluding hydrogens is 462 g/mol. The van der Waals surface area contributed by atoms with Gasteiger partial charge in [-0.1, -0.05) is 47.6 Å². The monoisotopic (exact) mass is 481 g/mol. The summed E-state index contributed by atoms with van der Waals surface area (Å²) in [5, 5.41) is 6.75. The second-order valence-electron chi connectivity index (χ2n) is 7.81. The van der Waals surface area contributed by atoms with Gasteiger partial charge in [0.05, 0.1) is 16.8 Å². The Hall–Kier alpha value is -2.61. The number of para-hydroxylation sites is 1. The zero-order valence-electron chi connectivity index (χ0n) is 17.3. The molecule has 32 heavy (non-hydrogen) atoms. The number of hydrogen-bond donors (Lipinski definition) is 1. The Kier molecular flexibility index (Phi) is 5.80. The smallest absolute Gasteiger partial charge is 0.267 e. The zero-order valence-corrected chi connectivity index (χ0v) is 19.7. The van der Waals surface area contributed by atoms with Crippen molar-refractivity contribution in [1.29, 1.82) is 0 Å². The van der Waals surface area contributed by atoms with E-state index in [1.165, 1.54) is 23.1 Å². The van der Waals surface area contributed by atoms with Crippen LogP contribution in [0.1, 0.15) is 29.9 Å². The van der Waals surface area contributed by atoms with E-state index in [1.807, 2.05) is 43.3 Å². The maximum Gasteiger partial charge on any atom is 0.267 e. The SMILES string of the molecule is Cc1ccc(Cl)cc1NC(=O)CSc1nc2scc(C3CC3)c2c(=O)n1-c1ccccc1. The van der Waals surface area contributed by atoms with E-state index in [1.54, 1.807) is 16.7 Å². The molecule has 2 aromatic carbocycles. The highest BCUT2D eigenvalue weighted by Crippen LogP contribution is 2.44. The van der Waals surface area contributed by atoms with Gasteiger partial charge in [0.15, 0.2) is 5.16 Å². The van der Waals surface area contributed by atoms with E-state index in [-0.39, 0.29) is 17.2 Å². The van der Waals surface area contributed by atoms with Crippen LogP contribution in [-0.2, 0) is 4.79 Å². The van der Waals surface area contributed by atoms with E-state index in [9.17, 15) is 9.59 Å². The van der Waals surface area contributed by atoms with Gasteiger partial charge in [-0.15, -0.1) is 11.3 Å². The van der Waals surface area contributed by atoms with Gasteiger partial charge in [0.2, 0.25) is 5.91 Å². The zero-order chi connectivity index (χ0) is 22.2. The lowest BCUT2D eigenvalue weighted by molar-refractivity contribution is -0.113. The highest BCUT2D eigenvalue weighted by Gasteiger charge is 2.29. The van der Waals surface area contributed by atoms with Crippen molar-refractivity contribution in [2.45, 2.75) is 30.8 Å². The van der Waals surface area contributed by atoms with Gasteiger partial charge in [-0.25, -0.2) is 4.98 Å². The number of nitrogens with one attached hydrogen (secondary N) is 1. The highest BCUT2D eigenvalue weighted by molar-refractivity contribution is 7.99. The van der Waals surface area contributed by atoms with Crippen molar-refractivity contribution in [3.8, 4) is 5.69 Å². The predicted molar refractivity (Wildman–Crippen MR) is 133 cm³/mol. The van der Waals surface area contributed by atoms with Crippen LogP contribution in [0.15, 0.2) is 63.9 Å². The van der Waals surface area contributed by atoms with Crippen molar-refractivity contribution in [3.63, 3.8) is 0 Å². The van der Waals surface area contributed by atoms with Crippen LogP contribution in [0.25, 0.3) is 15.9 Å². The molecule has 5 nitrogen and oxygen atoms in total. The van der Waals surface area contributed by atoms with Gasteiger partial charge >= 0.3 is 0 Å². The van der Waals surface area contributed by atoms with Crippen LogP contribution < -0.4 is 10.9 Å². The van der Waals surface area contributed by atoms with Crippen molar-refractivity contribution in [3.05, 3.63) is 80.4 Å². The summed E-state index contributed by atoms with van der Waals surface area (Å²) in [5.41, 5.74) is 3.39. The van der Waals surface area contributed by atoms with Crippen LogP contribution in [0.2, 0.25) is 5.02 Å². The minimum absolute atomic E-state index is 0.0713. The number of anilines is 1. The Bertz CT molecular complexity index is 1380. The molecule has 1 saturated carbocycles. The van der Waals surface area contributed by atoms with E-state index in [0.717, 1.165) is 34.5 Å². The third kappa shape index (κ3) is 4.20. The summed E-state index contributed by atoms with van der Waals surface area (Å²) >= 11 is 8.82. The van der Waals surface area contributed by atoms with Gasteiger partial charge in [-0.3, -0.25) is 14.2 Å². The average molecular weight is 482 g/mol. The van der Waals surface area contributed by atoms with Crippen LogP contribution >= 0.6 is 34.7 Å². The van der Waals surface area contributed by atoms with Crippen molar-refractivity contribution in [1.82, 2.24) is 9.55 Å². The van der Waals surface area contributed by atoms with Gasteiger partial charge in [0, 0.05) is 10.7 Å². The van der Waals surface area contributed by atoms with E-state index in [2.05, 4.69) is 10.7 Å². The fourth-order valence-electron chi connectivity index (χ4n) is 3.63. The van der Waals surface area contributed by atoms with Crippen LogP contribution in [0.4, 0.5) is 5.69 Å². The maximum absolute atomic E-state index is 13.6. The molecule has 1 amide bonds. The maximum atomic E-state index is 13.6. The molecule has 1 fully saturated rings. The van der Waals surface area contributed by atoms with Crippen LogP contribution in [0.3, 0.4) is 0 Å². The minimum atomic E-state index is -0.181. The van der Waals surface area contributed by atoms with Gasteiger partial charge in [0.1, 0.15) is 4.83 Å². The minimum Gasteiger partial charge on any atom is -0.325 e. The number of hydrogen-bond acceptors (Lipinski definition) is 5. The molecule has 8 heteroatoms. The molecule has 0 aliphatic heterocycles. The van der Waals surface area contributed by atoms with E-state index < -0.39 is 0 Å². The Morgan fingerprint density at radius 3 is 2.78 bits per heavy atom. The van der Waals surface area contributed by atoms with Gasteiger partial charge in [0.25, 0.3) is 5.56 Å². The molecule has 0 spiro atoms. The van der Waals surface area contributed by atoms with Gasteiger partial charge in [-0.05, 0) is 66.5 Å². The number of aryl methyl sites for hydroxylation is 1. The number of thioether (sulfide) groups is 1. The van der Waals surface area contributed by atoms with Crippen LogP contribution in [0.5, 0.6) is 0 Å². The summed E-state index contributed by atoms with van der Waals surface area (Å²) in [4.78, 5) is 31.8. The van der Waals surface area contributed by atoms with E-state index in [4.69, 9.17) is 16.6 Å². The molecule has 0 radical (unpaired) electrons. The normalized spacial score (nSPS) is 13.4. The van der Waals surface area contributed by atoms with Crippen LogP contribution in [-0.4, -0.2) is 21.2 Å². The first-order valence-corrected chi connectivity index (χ1v) is 12.5. The summed E-state index contributed by atoms with van der Waals surface area (Å²) in [6.45, 7) is 1.91. The number of halogens is 1. The molecule has 0 bridgehead atoms. The molecular formula is C24H20ClN3O2S2. The second-order valence-corrected chi connectivity index (χ2v) is 10.0. The van der Waals surface area contributed by atoms with Gasteiger partial charge in [-0.2, -0.15) is 0 Å². The molecule has 0 saturated heterocycles. The van der Waals surface area contributed by atoms with E-state index in [0.29, 0.717) is 27.2 Å². The molecule has 2 aromatic heterocycles. The predicted octanol–water partition coefficient (Wildman–Crippen LogP) is 6.02. The number of amides is 1. The topological polar surface area (TPSA) is 64.0 Å². The largest absolute Gasteiger partial charge is 0.325 e. The summed E-state index contributed by atoms with van der Waals surface area (Å²) in [6, 6.07) is 14.9. The standard InChI is InChI=1S/C24H20ClN3O2S2/c1-14-7-10-16(25)11-19(14)26-20(29)13-32-24-27-22-21(18(12-31-22)15-8-9-15)23(30)28(24)17-5-3-2-4-6-17/h2-7,10-12,15H,8-9,13H2,1H3,(H,26,29). The van der Waals surface area contributed by atoms with Crippen molar-refractivity contribution in [2.75, 3.05) is 11.1 Å². The first-order valence-electron chi connectivity index (χ1n) is 10.3. The van der Waals surface area contributed by atoms with Crippen molar-refractivity contribution in [2.24, 2.45) is 0 Å². The lowest BCUT2D eigenvalue weighted by atomic mass is 10.1. The summed E-state index contributed by atoms with van der Waals surface area (Å²) < 4.78 is 1.63.